The molecule has 0 aliphatic carbocycles. The standard InChI is InChI=1S/C4H6N3O3P/c5-4-6-2-1-3(7-4)11(8,9)10/h1-2H,(H2,5,6,7)(H2,8,9,10). The van der Waals surface area contributed by atoms with Gasteiger partial charge in [-0.1, -0.05) is 0 Å². The Hall–Kier alpha value is -0.970. The molecular formula is C4H6N3O3P. The molecule has 1 aromatic rings. The lowest BCUT2D eigenvalue weighted by molar-refractivity contribution is 0.386. The van der Waals surface area contributed by atoms with Gasteiger partial charge in [0.15, 0.2) is 5.44 Å². The third-order valence-electron chi connectivity index (χ3n) is 0.958. The highest BCUT2D eigenvalue weighted by Gasteiger charge is 2.18. The molecule has 0 aliphatic rings. The molecular weight excluding hydrogens is 169 g/mol. The van der Waals surface area contributed by atoms with E-state index in [0.29, 0.717) is 0 Å². The summed E-state index contributed by atoms with van der Waals surface area (Å²) >= 11 is 0. The van der Waals surface area contributed by atoms with Crippen molar-refractivity contribution in [2.24, 2.45) is 0 Å². The van der Waals surface area contributed by atoms with Gasteiger partial charge in [0.2, 0.25) is 5.95 Å². The van der Waals surface area contributed by atoms with Crippen molar-refractivity contribution >= 4 is 19.0 Å². The molecule has 0 atom stereocenters. The molecule has 11 heavy (non-hydrogen) atoms. The molecule has 7 heteroatoms. The summed E-state index contributed by atoms with van der Waals surface area (Å²) in [6.45, 7) is 0. The zero-order valence-corrected chi connectivity index (χ0v) is 6.27. The topological polar surface area (TPSA) is 109 Å². The van der Waals surface area contributed by atoms with Crippen molar-refractivity contribution in [2.75, 3.05) is 5.73 Å². The van der Waals surface area contributed by atoms with Crippen LogP contribution < -0.4 is 11.2 Å². The van der Waals surface area contributed by atoms with Crippen LogP contribution in [0.1, 0.15) is 0 Å². The molecule has 0 bridgehead atoms. The molecule has 0 radical (unpaired) electrons. The van der Waals surface area contributed by atoms with Gasteiger partial charge in [0.05, 0.1) is 0 Å². The summed E-state index contributed by atoms with van der Waals surface area (Å²) < 4.78 is 10.5. The summed E-state index contributed by atoms with van der Waals surface area (Å²) in [4.78, 5) is 24.0. The zero-order chi connectivity index (χ0) is 8.48. The van der Waals surface area contributed by atoms with E-state index in [1.807, 2.05) is 0 Å². The second-order valence-corrected chi connectivity index (χ2v) is 3.36. The fourth-order valence-corrected chi connectivity index (χ4v) is 1.02. The fraction of sp³-hybridized carbons (Fsp3) is 0. The van der Waals surface area contributed by atoms with E-state index in [9.17, 15) is 4.57 Å². The minimum absolute atomic E-state index is 0.147. The van der Waals surface area contributed by atoms with E-state index < -0.39 is 7.60 Å². The number of nitrogens with zero attached hydrogens (tertiary/aromatic N) is 2. The molecule has 4 N–H and O–H groups in total. The molecule has 60 valence electrons. The monoisotopic (exact) mass is 175 g/mol. The van der Waals surface area contributed by atoms with Crippen LogP contribution in [0.3, 0.4) is 0 Å². The number of anilines is 1. The molecule has 1 heterocycles. The number of aromatic nitrogens is 2. The normalized spacial score (nSPS) is 11.5. The largest absolute Gasteiger partial charge is 0.374 e. The minimum Gasteiger partial charge on any atom is -0.368 e. The molecule has 6 nitrogen and oxygen atoms in total. The summed E-state index contributed by atoms with van der Waals surface area (Å²) in [6.07, 6.45) is 1.19. The van der Waals surface area contributed by atoms with E-state index in [0.717, 1.165) is 6.07 Å². The SMILES string of the molecule is Nc1nccc(P(=O)(O)O)n1. The molecule has 0 amide bonds. The number of nitrogens with two attached hydrogens (primary N) is 1. The van der Waals surface area contributed by atoms with Crippen LogP contribution in [0.25, 0.3) is 0 Å². The first-order valence-corrected chi connectivity index (χ1v) is 4.26. The van der Waals surface area contributed by atoms with Gasteiger partial charge in [-0.2, -0.15) is 0 Å². The number of nitrogen functional groups attached to an aromatic ring is 1. The van der Waals surface area contributed by atoms with Crippen LogP contribution in [-0.4, -0.2) is 19.8 Å². The summed E-state index contributed by atoms with van der Waals surface area (Å²) in [7, 11) is -4.28. The number of hydrogen-bond acceptors (Lipinski definition) is 4. The fourth-order valence-electron chi connectivity index (χ4n) is 0.526. The van der Waals surface area contributed by atoms with E-state index >= 15 is 0 Å². The van der Waals surface area contributed by atoms with Crippen molar-refractivity contribution in [1.29, 1.82) is 0 Å². The van der Waals surface area contributed by atoms with Gasteiger partial charge in [-0.25, -0.2) is 9.97 Å². The van der Waals surface area contributed by atoms with Crippen molar-refractivity contribution in [3.8, 4) is 0 Å². The van der Waals surface area contributed by atoms with Gasteiger partial charge in [0.25, 0.3) is 0 Å². The van der Waals surface area contributed by atoms with E-state index in [4.69, 9.17) is 15.5 Å². The van der Waals surface area contributed by atoms with Gasteiger partial charge in [0.1, 0.15) is 0 Å². The third-order valence-corrected chi connectivity index (χ3v) is 1.80. The average Bonchev–Trinajstić information content (AvgIpc) is 1.86. The lowest BCUT2D eigenvalue weighted by atomic mass is 10.7. The summed E-state index contributed by atoms with van der Waals surface area (Å²) in [5.74, 6) is -0.147. The maximum Gasteiger partial charge on any atom is 0.374 e. The molecule has 0 unspecified atom stereocenters. The van der Waals surface area contributed by atoms with Crippen LogP contribution in [0.2, 0.25) is 0 Å². The van der Waals surface area contributed by atoms with Crippen molar-refractivity contribution < 1.29 is 14.4 Å². The van der Waals surface area contributed by atoms with Gasteiger partial charge >= 0.3 is 7.60 Å². The Morgan fingerprint density at radius 3 is 2.55 bits per heavy atom. The van der Waals surface area contributed by atoms with Gasteiger partial charge < -0.3 is 15.5 Å². The highest BCUT2D eigenvalue weighted by molar-refractivity contribution is 7.60. The van der Waals surface area contributed by atoms with Crippen LogP contribution in [0.5, 0.6) is 0 Å². The summed E-state index contributed by atoms with van der Waals surface area (Å²) in [5, 5.41) is 0. The Morgan fingerprint density at radius 1 is 1.55 bits per heavy atom. The predicted octanol–water partition coefficient (Wildman–Crippen LogP) is -1.14. The third kappa shape index (κ3) is 1.98. The highest BCUT2D eigenvalue weighted by Crippen LogP contribution is 2.31. The smallest absolute Gasteiger partial charge is 0.368 e. The first kappa shape index (κ1) is 8.13. The second kappa shape index (κ2) is 2.58. The average molecular weight is 175 g/mol. The zero-order valence-electron chi connectivity index (χ0n) is 5.38. The lowest BCUT2D eigenvalue weighted by Gasteiger charge is -2.01. The molecule has 0 saturated heterocycles. The van der Waals surface area contributed by atoms with Gasteiger partial charge in [-0.05, 0) is 6.07 Å². The minimum atomic E-state index is -4.28. The van der Waals surface area contributed by atoms with E-state index in [2.05, 4.69) is 9.97 Å². The maximum atomic E-state index is 10.5. The Kier molecular flexibility index (Phi) is 1.90. The summed E-state index contributed by atoms with van der Waals surface area (Å²) in [6, 6.07) is 1.12. The second-order valence-electron chi connectivity index (χ2n) is 1.82. The number of hydrogen-bond donors (Lipinski definition) is 3. The first-order valence-electron chi connectivity index (χ1n) is 2.65. The molecule has 1 aromatic heterocycles. The van der Waals surface area contributed by atoms with E-state index in [-0.39, 0.29) is 11.4 Å². The van der Waals surface area contributed by atoms with Crippen molar-refractivity contribution in [2.45, 2.75) is 0 Å². The Labute approximate surface area is 62.3 Å². The molecule has 0 aliphatic heterocycles. The van der Waals surface area contributed by atoms with Gasteiger partial charge in [-0.3, -0.25) is 4.57 Å². The molecule has 1 rings (SSSR count). The summed E-state index contributed by atoms with van der Waals surface area (Å²) in [5.41, 5.74) is 4.73. The number of rotatable bonds is 1. The van der Waals surface area contributed by atoms with Gasteiger partial charge in [0, 0.05) is 6.20 Å². The maximum absolute atomic E-state index is 10.5. The molecule has 0 aromatic carbocycles. The van der Waals surface area contributed by atoms with E-state index in [1.165, 1.54) is 6.20 Å². The first-order chi connectivity index (χ1) is 5.00. The van der Waals surface area contributed by atoms with Crippen LogP contribution >= 0.6 is 7.60 Å². The Bertz CT molecular complexity index is 309. The van der Waals surface area contributed by atoms with Crippen LogP contribution in [0.4, 0.5) is 5.95 Å². The molecule has 0 saturated carbocycles. The lowest BCUT2D eigenvalue weighted by Crippen LogP contribution is -2.11. The highest BCUT2D eigenvalue weighted by atomic mass is 31.2. The molecule has 0 fully saturated rings. The van der Waals surface area contributed by atoms with Gasteiger partial charge in [-0.15, -0.1) is 0 Å². The Balaban J connectivity index is 3.17. The van der Waals surface area contributed by atoms with Crippen LogP contribution in [-0.2, 0) is 4.57 Å². The van der Waals surface area contributed by atoms with Crippen molar-refractivity contribution in [3.63, 3.8) is 0 Å². The molecule has 0 spiro atoms. The van der Waals surface area contributed by atoms with E-state index in [1.54, 1.807) is 0 Å². The Morgan fingerprint density at radius 2 is 2.18 bits per heavy atom. The predicted molar refractivity (Wildman–Crippen MR) is 38.1 cm³/mol. The van der Waals surface area contributed by atoms with Crippen LogP contribution in [0, 0.1) is 0 Å². The van der Waals surface area contributed by atoms with Crippen LogP contribution in [0.15, 0.2) is 12.3 Å². The van der Waals surface area contributed by atoms with Crippen molar-refractivity contribution in [3.05, 3.63) is 12.3 Å². The van der Waals surface area contributed by atoms with Crippen molar-refractivity contribution in [1.82, 2.24) is 9.97 Å². The quantitative estimate of drug-likeness (QED) is 0.465.